The molecule has 0 saturated heterocycles. The summed E-state index contributed by atoms with van der Waals surface area (Å²) in [6.45, 7) is 0.176. The molecule has 2 aromatic carbocycles. The first-order valence-corrected chi connectivity index (χ1v) is 12.0. The summed E-state index contributed by atoms with van der Waals surface area (Å²) in [7, 11) is 1.52. The van der Waals surface area contributed by atoms with Crippen LogP contribution in [0.2, 0.25) is 5.02 Å². The summed E-state index contributed by atoms with van der Waals surface area (Å²) in [5, 5.41) is 8.08. The maximum atomic E-state index is 14.7. The van der Waals surface area contributed by atoms with Crippen LogP contribution in [0.15, 0.2) is 71.1 Å². The molecule has 0 fully saturated rings. The summed E-state index contributed by atoms with van der Waals surface area (Å²) in [6, 6.07) is 16.3. The number of rotatable bonds is 8. The third-order valence-corrected chi connectivity index (χ3v) is 6.77. The van der Waals surface area contributed by atoms with Crippen LogP contribution >= 0.6 is 22.9 Å². The van der Waals surface area contributed by atoms with Crippen LogP contribution in [0.1, 0.15) is 33.3 Å². The Morgan fingerprint density at radius 2 is 1.94 bits per heavy atom. The molecule has 0 unspecified atom stereocenters. The molecule has 1 aromatic heterocycles. The quantitative estimate of drug-likeness (QED) is 0.438. The van der Waals surface area contributed by atoms with E-state index in [1.54, 1.807) is 42.5 Å². The lowest BCUT2D eigenvalue weighted by atomic mass is 10.0. The van der Waals surface area contributed by atoms with Gasteiger partial charge in [0.25, 0.3) is 11.8 Å². The Kier molecular flexibility index (Phi) is 7.72. The SMILES string of the molecule is COCCN(CC(=O)N1N=C(c2cccs2)C[C@@H]1c1ccccc1F)C(=O)c1ccccc1Cl. The molecule has 1 aliphatic rings. The van der Waals surface area contributed by atoms with Crippen molar-refractivity contribution in [2.45, 2.75) is 12.5 Å². The number of methoxy groups -OCH3 is 1. The average molecular weight is 500 g/mol. The van der Waals surface area contributed by atoms with E-state index in [4.69, 9.17) is 16.3 Å². The molecule has 3 aromatic rings. The van der Waals surface area contributed by atoms with Gasteiger partial charge in [0, 0.05) is 25.6 Å². The Balaban J connectivity index is 1.63. The van der Waals surface area contributed by atoms with Crippen molar-refractivity contribution in [3.63, 3.8) is 0 Å². The summed E-state index contributed by atoms with van der Waals surface area (Å²) in [6.07, 6.45) is 0.379. The van der Waals surface area contributed by atoms with Crippen molar-refractivity contribution < 1.29 is 18.7 Å². The molecule has 1 aliphatic heterocycles. The lowest BCUT2D eigenvalue weighted by molar-refractivity contribution is -0.133. The van der Waals surface area contributed by atoms with Gasteiger partial charge in [0.2, 0.25) is 0 Å². The van der Waals surface area contributed by atoms with Crippen LogP contribution in [0, 0.1) is 5.82 Å². The fraction of sp³-hybridized carbons (Fsp3) is 0.240. The van der Waals surface area contributed by atoms with E-state index in [9.17, 15) is 14.0 Å². The second-order valence-corrected chi connectivity index (χ2v) is 9.06. The number of thiophene rings is 1. The molecular formula is C25H23ClFN3O3S. The smallest absolute Gasteiger partial charge is 0.262 e. The molecule has 0 N–H and O–H groups in total. The zero-order chi connectivity index (χ0) is 24.1. The fourth-order valence-electron chi connectivity index (χ4n) is 3.81. The standard InChI is InChI=1S/C25H23ClFN3O3S/c1-33-13-12-29(25(32)17-7-2-4-9-19(17)26)16-24(31)30-22(18-8-3-5-10-20(18)27)15-21(28-30)23-11-6-14-34-23/h2-11,14,22H,12-13,15-16H2,1H3/t22-/m1/s1. The molecule has 4 rings (SSSR count). The molecule has 0 bridgehead atoms. The number of amides is 2. The third-order valence-electron chi connectivity index (χ3n) is 5.52. The van der Waals surface area contributed by atoms with Gasteiger partial charge in [-0.1, -0.05) is 48.0 Å². The van der Waals surface area contributed by atoms with Gasteiger partial charge >= 0.3 is 0 Å². The normalized spacial score (nSPS) is 15.3. The fourth-order valence-corrected chi connectivity index (χ4v) is 4.75. The highest BCUT2D eigenvalue weighted by Gasteiger charge is 2.36. The molecule has 1 atom stereocenters. The first-order valence-electron chi connectivity index (χ1n) is 10.7. The van der Waals surface area contributed by atoms with Gasteiger partial charge in [0.1, 0.15) is 12.4 Å². The van der Waals surface area contributed by atoms with E-state index >= 15 is 0 Å². The van der Waals surface area contributed by atoms with Crippen LogP contribution < -0.4 is 0 Å². The second-order valence-electron chi connectivity index (χ2n) is 7.70. The highest BCUT2D eigenvalue weighted by molar-refractivity contribution is 7.12. The van der Waals surface area contributed by atoms with Gasteiger partial charge in [-0.3, -0.25) is 9.59 Å². The number of carbonyl (C=O) groups is 2. The van der Waals surface area contributed by atoms with Crippen LogP contribution in [0.25, 0.3) is 0 Å². The number of ether oxygens (including phenoxy) is 1. The lowest BCUT2D eigenvalue weighted by Crippen LogP contribution is -2.43. The van der Waals surface area contributed by atoms with Gasteiger partial charge in [-0.2, -0.15) is 5.10 Å². The van der Waals surface area contributed by atoms with Crippen molar-refractivity contribution >= 4 is 40.5 Å². The van der Waals surface area contributed by atoms with E-state index in [0.29, 0.717) is 28.3 Å². The molecule has 0 saturated carbocycles. The molecule has 0 aliphatic carbocycles. The summed E-state index contributed by atoms with van der Waals surface area (Å²) in [5.41, 5.74) is 1.38. The van der Waals surface area contributed by atoms with Crippen molar-refractivity contribution in [2.24, 2.45) is 5.10 Å². The van der Waals surface area contributed by atoms with Gasteiger partial charge in [0.05, 0.1) is 33.8 Å². The zero-order valence-electron chi connectivity index (χ0n) is 18.5. The molecule has 2 amide bonds. The van der Waals surface area contributed by atoms with Crippen molar-refractivity contribution in [3.8, 4) is 0 Å². The van der Waals surface area contributed by atoms with E-state index in [1.807, 2.05) is 17.5 Å². The summed E-state index contributed by atoms with van der Waals surface area (Å²) in [5.74, 6) is -1.22. The minimum absolute atomic E-state index is 0.187. The summed E-state index contributed by atoms with van der Waals surface area (Å²) in [4.78, 5) is 29.0. The average Bonchev–Trinajstić information content (AvgIpc) is 3.52. The number of benzene rings is 2. The first kappa shape index (κ1) is 24.1. The number of hydrazone groups is 1. The Hall–Kier alpha value is -3.07. The van der Waals surface area contributed by atoms with Crippen molar-refractivity contribution in [2.75, 3.05) is 26.8 Å². The van der Waals surface area contributed by atoms with E-state index in [1.165, 1.54) is 34.4 Å². The monoisotopic (exact) mass is 499 g/mol. The van der Waals surface area contributed by atoms with Crippen LogP contribution in [0.4, 0.5) is 4.39 Å². The predicted molar refractivity (Wildman–Crippen MR) is 131 cm³/mol. The molecule has 0 spiro atoms. The molecule has 2 heterocycles. The highest BCUT2D eigenvalue weighted by Crippen LogP contribution is 2.35. The van der Waals surface area contributed by atoms with E-state index in [2.05, 4.69) is 5.10 Å². The van der Waals surface area contributed by atoms with E-state index in [-0.39, 0.29) is 25.6 Å². The first-order chi connectivity index (χ1) is 16.5. The third kappa shape index (κ3) is 5.19. The van der Waals surface area contributed by atoms with Crippen LogP contribution in [-0.4, -0.2) is 54.2 Å². The summed E-state index contributed by atoms with van der Waals surface area (Å²) >= 11 is 7.73. The topological polar surface area (TPSA) is 62.2 Å². The Labute approximate surface area is 206 Å². The Bertz CT molecular complexity index is 1200. The maximum absolute atomic E-state index is 14.7. The molecule has 6 nitrogen and oxygen atoms in total. The molecule has 0 radical (unpaired) electrons. The predicted octanol–water partition coefficient (Wildman–Crippen LogP) is 5.01. The molecule has 34 heavy (non-hydrogen) atoms. The van der Waals surface area contributed by atoms with Crippen molar-refractivity contribution in [3.05, 3.63) is 92.9 Å². The summed E-state index contributed by atoms with van der Waals surface area (Å²) < 4.78 is 19.8. The van der Waals surface area contributed by atoms with Gasteiger partial charge in [-0.25, -0.2) is 9.40 Å². The van der Waals surface area contributed by atoms with Gasteiger partial charge in [-0.05, 0) is 29.6 Å². The van der Waals surface area contributed by atoms with Gasteiger partial charge < -0.3 is 9.64 Å². The van der Waals surface area contributed by atoms with E-state index < -0.39 is 17.8 Å². The Morgan fingerprint density at radius 3 is 2.65 bits per heavy atom. The minimum atomic E-state index is -0.606. The van der Waals surface area contributed by atoms with Crippen LogP contribution in [0.3, 0.4) is 0 Å². The van der Waals surface area contributed by atoms with Gasteiger partial charge in [-0.15, -0.1) is 11.3 Å². The zero-order valence-corrected chi connectivity index (χ0v) is 20.1. The maximum Gasteiger partial charge on any atom is 0.262 e. The number of halogens is 2. The van der Waals surface area contributed by atoms with Crippen LogP contribution in [-0.2, 0) is 9.53 Å². The molecule has 176 valence electrons. The van der Waals surface area contributed by atoms with Crippen LogP contribution in [0.5, 0.6) is 0 Å². The van der Waals surface area contributed by atoms with Gasteiger partial charge in [0.15, 0.2) is 0 Å². The molecular weight excluding hydrogens is 477 g/mol. The number of hydrogen-bond donors (Lipinski definition) is 0. The number of nitrogens with zero attached hydrogens (tertiary/aromatic N) is 3. The minimum Gasteiger partial charge on any atom is -0.383 e. The number of hydrogen-bond acceptors (Lipinski definition) is 5. The lowest BCUT2D eigenvalue weighted by Gasteiger charge is -2.27. The van der Waals surface area contributed by atoms with Crippen molar-refractivity contribution in [1.29, 1.82) is 0 Å². The second kappa shape index (κ2) is 10.9. The van der Waals surface area contributed by atoms with E-state index in [0.717, 1.165) is 4.88 Å². The Morgan fingerprint density at radius 1 is 1.18 bits per heavy atom. The number of carbonyl (C=O) groups excluding carboxylic acids is 2. The highest BCUT2D eigenvalue weighted by atomic mass is 35.5. The largest absolute Gasteiger partial charge is 0.383 e. The molecule has 9 heteroatoms. The van der Waals surface area contributed by atoms with Crippen molar-refractivity contribution in [1.82, 2.24) is 9.91 Å².